The first-order valence-electron chi connectivity index (χ1n) is 7.02. The zero-order valence-corrected chi connectivity index (χ0v) is 12.0. The van der Waals surface area contributed by atoms with Gasteiger partial charge in [-0.05, 0) is 29.5 Å². The molecule has 0 amide bonds. The van der Waals surface area contributed by atoms with Crippen LogP contribution in [-0.4, -0.2) is 5.78 Å². The number of carbonyl (C=O) groups is 1. The number of rotatable bonds is 5. The molecule has 1 nitrogen and oxygen atoms in total. The van der Waals surface area contributed by atoms with E-state index in [1.54, 1.807) is 6.08 Å². The Hall–Kier alpha value is -2.15. The summed E-state index contributed by atoms with van der Waals surface area (Å²) in [7, 11) is 0. The van der Waals surface area contributed by atoms with Crippen molar-refractivity contribution in [2.24, 2.45) is 5.92 Å². The molecule has 102 valence electrons. The van der Waals surface area contributed by atoms with Crippen LogP contribution in [0, 0.1) is 5.92 Å². The van der Waals surface area contributed by atoms with E-state index in [2.05, 4.69) is 26.0 Å². The number of ketones is 1. The van der Waals surface area contributed by atoms with Crippen LogP contribution < -0.4 is 0 Å². The zero-order chi connectivity index (χ0) is 14.4. The molecule has 0 saturated heterocycles. The lowest BCUT2D eigenvalue weighted by Gasteiger charge is -2.08. The van der Waals surface area contributed by atoms with Gasteiger partial charge in [0, 0.05) is 5.56 Å². The molecule has 0 saturated carbocycles. The van der Waals surface area contributed by atoms with Crippen molar-refractivity contribution < 1.29 is 4.79 Å². The predicted octanol–water partition coefficient (Wildman–Crippen LogP) is 4.78. The molecule has 0 aliphatic heterocycles. The average Bonchev–Trinajstić information content (AvgIpc) is 2.46. The Bertz CT molecular complexity index is 594. The van der Waals surface area contributed by atoms with Crippen LogP contribution >= 0.6 is 0 Å². The first-order chi connectivity index (χ1) is 9.66. The van der Waals surface area contributed by atoms with Gasteiger partial charge in [0.05, 0.1) is 0 Å². The first kappa shape index (κ1) is 14.3. The van der Waals surface area contributed by atoms with Crippen LogP contribution in [0.5, 0.6) is 0 Å². The molecular weight excluding hydrogens is 244 g/mol. The normalized spacial score (nSPS) is 11.2. The number of benzene rings is 2. The Morgan fingerprint density at radius 1 is 1.00 bits per heavy atom. The van der Waals surface area contributed by atoms with E-state index < -0.39 is 0 Å². The molecule has 1 heteroatoms. The molecule has 0 bridgehead atoms. The molecule has 0 aliphatic carbocycles. The molecule has 0 atom stereocenters. The van der Waals surface area contributed by atoms with Gasteiger partial charge in [-0.15, -0.1) is 0 Å². The lowest BCUT2D eigenvalue weighted by molar-refractivity contribution is 0.104. The van der Waals surface area contributed by atoms with E-state index in [4.69, 9.17) is 0 Å². The van der Waals surface area contributed by atoms with Crippen LogP contribution in [-0.2, 0) is 6.42 Å². The molecule has 0 aromatic heterocycles. The summed E-state index contributed by atoms with van der Waals surface area (Å²) < 4.78 is 0. The molecule has 20 heavy (non-hydrogen) atoms. The van der Waals surface area contributed by atoms with Crippen LogP contribution in [0.2, 0.25) is 0 Å². The van der Waals surface area contributed by atoms with E-state index >= 15 is 0 Å². The fourth-order valence-corrected chi connectivity index (χ4v) is 2.19. The highest BCUT2D eigenvalue weighted by Crippen LogP contribution is 2.15. The topological polar surface area (TPSA) is 17.1 Å². The van der Waals surface area contributed by atoms with Crippen molar-refractivity contribution in [2.75, 3.05) is 0 Å². The summed E-state index contributed by atoms with van der Waals surface area (Å²) in [5, 5.41) is 0. The number of hydrogen-bond acceptors (Lipinski definition) is 1. The third-order valence-corrected chi connectivity index (χ3v) is 3.16. The van der Waals surface area contributed by atoms with Gasteiger partial charge in [-0.25, -0.2) is 0 Å². The fourth-order valence-electron chi connectivity index (χ4n) is 2.19. The Kier molecular flexibility index (Phi) is 4.89. The lowest BCUT2D eigenvalue weighted by atomic mass is 9.97. The zero-order valence-electron chi connectivity index (χ0n) is 12.0. The van der Waals surface area contributed by atoms with Gasteiger partial charge in [0.1, 0.15) is 0 Å². The van der Waals surface area contributed by atoms with E-state index in [-0.39, 0.29) is 5.78 Å². The van der Waals surface area contributed by atoms with Crippen LogP contribution in [0.15, 0.2) is 60.7 Å². The maximum atomic E-state index is 12.1. The Labute approximate surface area is 121 Å². The van der Waals surface area contributed by atoms with E-state index in [0.29, 0.717) is 5.92 Å². The van der Waals surface area contributed by atoms with E-state index in [9.17, 15) is 4.79 Å². The molecule has 0 heterocycles. The second-order valence-electron chi connectivity index (χ2n) is 5.36. The summed E-state index contributed by atoms with van der Waals surface area (Å²) in [6.07, 6.45) is 4.61. The maximum Gasteiger partial charge on any atom is 0.185 e. The maximum absolute atomic E-state index is 12.1. The van der Waals surface area contributed by atoms with Gasteiger partial charge in [-0.1, -0.05) is 74.5 Å². The van der Waals surface area contributed by atoms with Gasteiger partial charge in [0.25, 0.3) is 0 Å². The molecule has 0 aliphatic rings. The van der Waals surface area contributed by atoms with Crippen molar-refractivity contribution in [3.05, 3.63) is 77.4 Å². The van der Waals surface area contributed by atoms with Gasteiger partial charge in [-0.2, -0.15) is 0 Å². The Morgan fingerprint density at radius 2 is 1.65 bits per heavy atom. The predicted molar refractivity (Wildman–Crippen MR) is 84.8 cm³/mol. The van der Waals surface area contributed by atoms with Crippen molar-refractivity contribution in [1.82, 2.24) is 0 Å². The largest absolute Gasteiger partial charge is 0.289 e. The van der Waals surface area contributed by atoms with E-state index in [1.807, 2.05) is 48.5 Å². The van der Waals surface area contributed by atoms with Crippen molar-refractivity contribution in [2.45, 2.75) is 20.3 Å². The molecule has 2 aromatic carbocycles. The van der Waals surface area contributed by atoms with Crippen molar-refractivity contribution in [3.8, 4) is 0 Å². The van der Waals surface area contributed by atoms with Crippen molar-refractivity contribution in [1.29, 1.82) is 0 Å². The van der Waals surface area contributed by atoms with Crippen LogP contribution in [0.25, 0.3) is 6.08 Å². The van der Waals surface area contributed by atoms with Crippen LogP contribution in [0.1, 0.15) is 35.3 Å². The first-order valence-corrected chi connectivity index (χ1v) is 7.02. The highest BCUT2D eigenvalue weighted by Gasteiger charge is 2.03. The van der Waals surface area contributed by atoms with Crippen molar-refractivity contribution in [3.63, 3.8) is 0 Å². The van der Waals surface area contributed by atoms with Crippen LogP contribution in [0.3, 0.4) is 0 Å². The smallest absolute Gasteiger partial charge is 0.185 e. The minimum Gasteiger partial charge on any atom is -0.289 e. The summed E-state index contributed by atoms with van der Waals surface area (Å²) in [6, 6.07) is 17.6. The second-order valence-corrected chi connectivity index (χ2v) is 5.36. The molecule has 2 aromatic rings. The lowest BCUT2D eigenvalue weighted by Crippen LogP contribution is -1.97. The molecule has 0 unspecified atom stereocenters. The SMILES string of the molecule is CC(C)Cc1ccccc1C=CC(=O)c1ccccc1. The average molecular weight is 264 g/mol. The molecular formula is C19H20O. The minimum absolute atomic E-state index is 0.0463. The van der Waals surface area contributed by atoms with Gasteiger partial charge >= 0.3 is 0 Å². The van der Waals surface area contributed by atoms with Crippen LogP contribution in [0.4, 0.5) is 0 Å². The van der Waals surface area contributed by atoms with Gasteiger partial charge < -0.3 is 0 Å². The Balaban J connectivity index is 2.17. The summed E-state index contributed by atoms with van der Waals surface area (Å²) in [4.78, 5) is 12.1. The highest BCUT2D eigenvalue weighted by atomic mass is 16.1. The van der Waals surface area contributed by atoms with Gasteiger partial charge in [0.15, 0.2) is 5.78 Å². The van der Waals surface area contributed by atoms with E-state index in [1.165, 1.54) is 5.56 Å². The highest BCUT2D eigenvalue weighted by molar-refractivity contribution is 6.06. The second kappa shape index (κ2) is 6.85. The summed E-state index contributed by atoms with van der Waals surface area (Å²) in [6.45, 7) is 4.41. The van der Waals surface area contributed by atoms with E-state index in [0.717, 1.165) is 17.5 Å². The third-order valence-electron chi connectivity index (χ3n) is 3.16. The summed E-state index contributed by atoms with van der Waals surface area (Å²) in [5.74, 6) is 0.652. The standard InChI is InChI=1S/C19H20O/c1-15(2)14-18-11-7-6-8-16(18)12-13-19(20)17-9-4-3-5-10-17/h3-13,15H,14H2,1-2H3. The number of carbonyl (C=O) groups excluding carboxylic acids is 1. The minimum atomic E-state index is 0.0463. The Morgan fingerprint density at radius 3 is 2.35 bits per heavy atom. The monoisotopic (exact) mass is 264 g/mol. The van der Waals surface area contributed by atoms with Crippen molar-refractivity contribution >= 4 is 11.9 Å². The quantitative estimate of drug-likeness (QED) is 0.561. The molecule has 0 N–H and O–H groups in total. The molecule has 2 rings (SSSR count). The summed E-state index contributed by atoms with van der Waals surface area (Å²) in [5.41, 5.74) is 3.15. The molecule has 0 fully saturated rings. The van der Waals surface area contributed by atoms with Gasteiger partial charge in [-0.3, -0.25) is 4.79 Å². The molecule has 0 radical (unpaired) electrons. The number of allylic oxidation sites excluding steroid dienone is 1. The fraction of sp³-hybridized carbons (Fsp3) is 0.211. The van der Waals surface area contributed by atoms with Gasteiger partial charge in [0.2, 0.25) is 0 Å². The third kappa shape index (κ3) is 3.92. The number of hydrogen-bond donors (Lipinski definition) is 0. The molecule has 0 spiro atoms. The summed E-state index contributed by atoms with van der Waals surface area (Å²) >= 11 is 0.